The lowest BCUT2D eigenvalue weighted by atomic mass is 10.1. The Kier molecular flexibility index (Phi) is 3.00. The van der Waals surface area contributed by atoms with Crippen molar-refractivity contribution in [2.24, 2.45) is 5.92 Å². The molecule has 1 aliphatic rings. The van der Waals surface area contributed by atoms with Gasteiger partial charge < -0.3 is 10.3 Å². The van der Waals surface area contributed by atoms with E-state index in [0.717, 1.165) is 5.56 Å². The summed E-state index contributed by atoms with van der Waals surface area (Å²) in [5.74, 6) is -0.544. The van der Waals surface area contributed by atoms with Crippen LogP contribution in [0, 0.1) is 5.92 Å². The van der Waals surface area contributed by atoms with Crippen LogP contribution in [0.15, 0.2) is 23.1 Å². The van der Waals surface area contributed by atoms with Crippen LogP contribution < -0.4 is 10.9 Å². The quantitative estimate of drug-likeness (QED) is 0.896. The number of aromatic amines is 1. The second-order valence-electron chi connectivity index (χ2n) is 4.93. The number of fused-ring (bicyclic) bond motifs is 1. The van der Waals surface area contributed by atoms with Crippen molar-refractivity contribution in [3.05, 3.63) is 34.2 Å². The Bertz CT molecular complexity index is 741. The molecule has 6 heteroatoms. The van der Waals surface area contributed by atoms with Crippen molar-refractivity contribution in [1.29, 1.82) is 0 Å². The van der Waals surface area contributed by atoms with E-state index in [-0.39, 0.29) is 17.9 Å². The molecule has 1 fully saturated rings. The molecule has 20 heavy (non-hydrogen) atoms. The van der Waals surface area contributed by atoms with Gasteiger partial charge in [-0.3, -0.25) is 9.59 Å². The Morgan fingerprint density at radius 1 is 1.60 bits per heavy atom. The number of nitrogens with one attached hydrogen (secondary N) is 2. The van der Waals surface area contributed by atoms with Crippen molar-refractivity contribution in [1.82, 2.24) is 9.97 Å². The molecule has 5 nitrogen and oxygen atoms in total. The fourth-order valence-electron chi connectivity index (χ4n) is 2.27. The van der Waals surface area contributed by atoms with E-state index in [2.05, 4.69) is 15.3 Å². The number of carbonyl (C=O) groups is 1. The smallest absolute Gasteiger partial charge is 0.257 e. The minimum Gasteiger partial charge on any atom is -0.328 e. The highest BCUT2D eigenvalue weighted by Gasteiger charge is 2.43. The fourth-order valence-corrected chi connectivity index (χ4v) is 2.27. The second kappa shape index (κ2) is 4.70. The topological polar surface area (TPSA) is 74.8 Å². The highest BCUT2D eigenvalue weighted by molar-refractivity contribution is 5.95. The van der Waals surface area contributed by atoms with Crippen LogP contribution >= 0.6 is 0 Å². The van der Waals surface area contributed by atoms with Crippen molar-refractivity contribution < 1.29 is 9.18 Å². The molecule has 0 aromatic carbocycles. The van der Waals surface area contributed by atoms with Gasteiger partial charge in [0, 0.05) is 6.20 Å². The zero-order valence-corrected chi connectivity index (χ0v) is 10.9. The summed E-state index contributed by atoms with van der Waals surface area (Å²) in [6.07, 6.45) is 1.40. The molecular weight excluding hydrogens is 261 g/mol. The maximum absolute atomic E-state index is 12.9. The second-order valence-corrected chi connectivity index (χ2v) is 4.93. The molecule has 0 radical (unpaired) electrons. The van der Waals surface area contributed by atoms with Gasteiger partial charge in [-0.25, -0.2) is 9.37 Å². The van der Waals surface area contributed by atoms with Gasteiger partial charge in [-0.15, -0.1) is 0 Å². The minimum atomic E-state index is -1.04. The lowest BCUT2D eigenvalue weighted by molar-refractivity contribution is -0.117. The van der Waals surface area contributed by atoms with Crippen LogP contribution in [0.4, 0.5) is 10.2 Å². The molecule has 0 unspecified atom stereocenters. The summed E-state index contributed by atoms with van der Waals surface area (Å²) < 4.78 is 12.9. The van der Waals surface area contributed by atoms with Gasteiger partial charge in [-0.1, -0.05) is 6.92 Å². The molecule has 3 rings (SSSR count). The van der Waals surface area contributed by atoms with Gasteiger partial charge in [-0.2, -0.15) is 0 Å². The molecule has 0 spiro atoms. The number of H-pyrrole nitrogens is 1. The molecule has 0 aliphatic heterocycles. The molecule has 2 N–H and O–H groups in total. The van der Waals surface area contributed by atoms with Gasteiger partial charge in [0.15, 0.2) is 0 Å². The first-order chi connectivity index (χ1) is 9.60. The van der Waals surface area contributed by atoms with Crippen LogP contribution in [-0.2, 0) is 11.2 Å². The Labute approximate surface area is 114 Å². The van der Waals surface area contributed by atoms with Crippen LogP contribution in [0.2, 0.25) is 0 Å². The standard InChI is InChI=1S/C14H14FN3O2/c1-2-7-5-11(18-13(19)8-6-9(8)15)17-10-3-4-16-14(20)12(7)10/h3-5,8-9H,2,6H2,1H3,(H,16,20)(H,17,18,19)/t8-,9+/m1/s1. The molecule has 1 amide bonds. The largest absolute Gasteiger partial charge is 0.328 e. The average Bonchev–Trinajstić information content (AvgIpc) is 3.15. The number of hydrogen-bond acceptors (Lipinski definition) is 3. The zero-order chi connectivity index (χ0) is 14.3. The van der Waals surface area contributed by atoms with E-state index in [1.165, 1.54) is 6.20 Å². The van der Waals surface area contributed by atoms with Gasteiger partial charge in [0.25, 0.3) is 5.56 Å². The van der Waals surface area contributed by atoms with Crippen molar-refractivity contribution in [3.8, 4) is 0 Å². The highest BCUT2D eigenvalue weighted by atomic mass is 19.1. The average molecular weight is 275 g/mol. The molecule has 104 valence electrons. The van der Waals surface area contributed by atoms with Crippen LogP contribution in [0.3, 0.4) is 0 Å². The normalized spacial score (nSPS) is 20.9. The summed E-state index contributed by atoms with van der Waals surface area (Å²) in [7, 11) is 0. The van der Waals surface area contributed by atoms with Crippen molar-refractivity contribution >= 4 is 22.6 Å². The van der Waals surface area contributed by atoms with E-state index < -0.39 is 12.1 Å². The number of halogens is 1. The summed E-state index contributed by atoms with van der Waals surface area (Å²) in [6, 6.07) is 3.35. The first-order valence-electron chi connectivity index (χ1n) is 6.56. The van der Waals surface area contributed by atoms with Crippen LogP contribution in [0.25, 0.3) is 10.9 Å². The number of anilines is 1. The number of aryl methyl sites for hydroxylation is 1. The number of amides is 1. The lowest BCUT2D eigenvalue weighted by Crippen LogP contribution is -2.17. The number of pyridine rings is 2. The predicted octanol–water partition coefficient (Wildman–Crippen LogP) is 1.78. The third kappa shape index (κ3) is 2.17. The Morgan fingerprint density at radius 3 is 3.00 bits per heavy atom. The molecule has 1 saturated carbocycles. The molecule has 2 heterocycles. The van der Waals surface area contributed by atoms with Crippen LogP contribution in [-0.4, -0.2) is 22.0 Å². The SMILES string of the molecule is CCc1cc(NC(=O)[C@@H]2C[C@@H]2F)nc2cc[nH]c(=O)c12. The molecule has 0 bridgehead atoms. The number of nitrogens with zero attached hydrogens (tertiary/aromatic N) is 1. The van der Waals surface area contributed by atoms with Crippen molar-refractivity contribution in [2.45, 2.75) is 25.9 Å². The first kappa shape index (κ1) is 12.8. The summed E-state index contributed by atoms with van der Waals surface area (Å²) in [4.78, 5) is 30.4. The summed E-state index contributed by atoms with van der Waals surface area (Å²) >= 11 is 0. The third-order valence-corrected chi connectivity index (χ3v) is 3.49. The maximum atomic E-state index is 12.9. The van der Waals surface area contributed by atoms with E-state index in [9.17, 15) is 14.0 Å². The summed E-state index contributed by atoms with van der Waals surface area (Å²) in [5.41, 5.74) is 1.13. The minimum absolute atomic E-state index is 0.198. The molecule has 1 aliphatic carbocycles. The number of rotatable bonds is 3. The van der Waals surface area contributed by atoms with Crippen LogP contribution in [0.1, 0.15) is 18.9 Å². The molecular formula is C14H14FN3O2. The maximum Gasteiger partial charge on any atom is 0.257 e. The summed E-state index contributed by atoms with van der Waals surface area (Å²) in [5, 5.41) is 3.15. The Hall–Kier alpha value is -2.24. The van der Waals surface area contributed by atoms with Gasteiger partial charge >= 0.3 is 0 Å². The van der Waals surface area contributed by atoms with Crippen molar-refractivity contribution in [2.75, 3.05) is 5.32 Å². The molecule has 2 aromatic heterocycles. The number of hydrogen-bond donors (Lipinski definition) is 2. The number of carbonyl (C=O) groups excluding carboxylic acids is 1. The van der Waals surface area contributed by atoms with E-state index in [1.54, 1.807) is 12.1 Å². The van der Waals surface area contributed by atoms with E-state index in [1.807, 2.05) is 6.92 Å². The molecule has 2 atom stereocenters. The summed E-state index contributed by atoms with van der Waals surface area (Å²) in [6.45, 7) is 1.92. The molecule has 2 aromatic rings. The number of alkyl halides is 1. The Morgan fingerprint density at radius 2 is 2.35 bits per heavy atom. The van der Waals surface area contributed by atoms with E-state index >= 15 is 0 Å². The zero-order valence-electron chi connectivity index (χ0n) is 10.9. The van der Waals surface area contributed by atoms with Crippen LogP contribution in [0.5, 0.6) is 0 Å². The lowest BCUT2D eigenvalue weighted by Gasteiger charge is -2.08. The monoisotopic (exact) mass is 275 g/mol. The molecule has 0 saturated heterocycles. The van der Waals surface area contributed by atoms with Gasteiger partial charge in [0.05, 0.1) is 16.8 Å². The highest BCUT2D eigenvalue weighted by Crippen LogP contribution is 2.34. The van der Waals surface area contributed by atoms with E-state index in [0.29, 0.717) is 23.1 Å². The predicted molar refractivity (Wildman–Crippen MR) is 73.4 cm³/mol. The van der Waals surface area contributed by atoms with Gasteiger partial charge in [0.1, 0.15) is 12.0 Å². The van der Waals surface area contributed by atoms with Crippen molar-refractivity contribution in [3.63, 3.8) is 0 Å². The Balaban J connectivity index is 2.00. The third-order valence-electron chi connectivity index (χ3n) is 3.49. The van der Waals surface area contributed by atoms with Gasteiger partial charge in [0.2, 0.25) is 5.91 Å². The fraction of sp³-hybridized carbons (Fsp3) is 0.357. The first-order valence-corrected chi connectivity index (χ1v) is 6.56. The van der Waals surface area contributed by atoms with E-state index in [4.69, 9.17) is 0 Å². The number of aromatic nitrogens is 2. The van der Waals surface area contributed by atoms with Gasteiger partial charge in [-0.05, 0) is 30.5 Å².